The van der Waals surface area contributed by atoms with E-state index in [0.717, 1.165) is 75.8 Å². The van der Waals surface area contributed by atoms with Crippen molar-refractivity contribution in [2.45, 2.75) is 63.7 Å². The maximum atomic E-state index is 13.8. The first-order chi connectivity index (χ1) is 22.5. The molecule has 2 aliphatic heterocycles. The van der Waals surface area contributed by atoms with Crippen LogP contribution in [0.2, 0.25) is 0 Å². The lowest BCUT2D eigenvalue weighted by Crippen LogP contribution is -2.40. The van der Waals surface area contributed by atoms with Gasteiger partial charge in [0.15, 0.2) is 5.88 Å². The molecule has 3 atom stereocenters. The predicted octanol–water partition coefficient (Wildman–Crippen LogP) is 5.97. The zero-order chi connectivity index (χ0) is 31.1. The first kappa shape index (κ1) is 27.7. The second-order valence-electron chi connectivity index (χ2n) is 12.9. The predicted molar refractivity (Wildman–Crippen MR) is 178 cm³/mol. The Morgan fingerprint density at radius 3 is 2.72 bits per heavy atom. The van der Waals surface area contributed by atoms with Crippen LogP contribution in [-0.4, -0.2) is 64.9 Å². The van der Waals surface area contributed by atoms with E-state index in [1.165, 1.54) is 12.8 Å². The van der Waals surface area contributed by atoms with Crippen LogP contribution >= 0.6 is 11.3 Å². The molecule has 0 radical (unpaired) electrons. The van der Waals surface area contributed by atoms with Crippen molar-refractivity contribution in [1.82, 2.24) is 33.8 Å². The number of carbonyl (C=O) groups excluding carboxylic acids is 1. The third kappa shape index (κ3) is 4.29. The number of hydrogen-bond donors (Lipinski definition) is 1. The largest absolute Gasteiger partial charge is 0.482 e. The number of hydrogen-bond acceptors (Lipinski definition) is 8. The van der Waals surface area contributed by atoms with E-state index >= 15 is 0 Å². The fourth-order valence-electron chi connectivity index (χ4n) is 7.65. The van der Waals surface area contributed by atoms with Crippen molar-refractivity contribution >= 4 is 33.9 Å². The summed E-state index contributed by atoms with van der Waals surface area (Å²) in [7, 11) is 1.64. The zero-order valence-electron chi connectivity index (χ0n) is 25.8. The molecule has 0 aromatic carbocycles. The average molecular weight is 631 g/mol. The molecule has 8 heterocycles. The van der Waals surface area contributed by atoms with E-state index in [4.69, 9.17) is 20.4 Å². The van der Waals surface area contributed by atoms with Crippen molar-refractivity contribution in [2.24, 2.45) is 11.7 Å². The van der Waals surface area contributed by atoms with Gasteiger partial charge >= 0.3 is 0 Å². The summed E-state index contributed by atoms with van der Waals surface area (Å²) in [5.41, 5.74) is 16.0. The van der Waals surface area contributed by atoms with Crippen molar-refractivity contribution < 1.29 is 9.53 Å². The molecule has 6 aromatic rings. The van der Waals surface area contributed by atoms with Crippen LogP contribution in [0.15, 0.2) is 60.4 Å². The number of pyridine rings is 3. The van der Waals surface area contributed by atoms with Gasteiger partial charge in [-0.3, -0.25) is 19.2 Å². The van der Waals surface area contributed by atoms with E-state index in [2.05, 4.69) is 45.7 Å². The molecule has 1 saturated carbocycles. The number of nitrogens with zero attached hydrogens (tertiary/aromatic N) is 7. The van der Waals surface area contributed by atoms with Crippen molar-refractivity contribution in [2.75, 3.05) is 7.11 Å². The zero-order valence-corrected chi connectivity index (χ0v) is 26.6. The molecule has 1 aliphatic carbocycles. The van der Waals surface area contributed by atoms with Gasteiger partial charge in [-0.2, -0.15) is 0 Å². The molecule has 0 unspecified atom stereocenters. The van der Waals surface area contributed by atoms with Gasteiger partial charge in [0.25, 0.3) is 5.91 Å². The summed E-state index contributed by atoms with van der Waals surface area (Å²) >= 11 is 1.57. The number of imidazole rings is 1. The summed E-state index contributed by atoms with van der Waals surface area (Å²) in [4.78, 5) is 36.2. The van der Waals surface area contributed by atoms with Crippen molar-refractivity contribution in [3.63, 3.8) is 0 Å². The fraction of sp³-hybridized carbons (Fsp3) is 0.343. The van der Waals surface area contributed by atoms with Crippen LogP contribution in [0.3, 0.4) is 0 Å². The van der Waals surface area contributed by atoms with Gasteiger partial charge in [0, 0.05) is 59.6 Å². The van der Waals surface area contributed by atoms with E-state index in [9.17, 15) is 4.79 Å². The summed E-state index contributed by atoms with van der Waals surface area (Å²) in [6, 6.07) is 14.6. The minimum Gasteiger partial charge on any atom is -0.482 e. The molecule has 10 nitrogen and oxygen atoms in total. The van der Waals surface area contributed by atoms with Crippen LogP contribution in [-0.2, 0) is 6.54 Å². The minimum atomic E-state index is 0.0103. The van der Waals surface area contributed by atoms with E-state index in [1.54, 1.807) is 18.4 Å². The average Bonchev–Trinajstić information content (AvgIpc) is 3.48. The lowest BCUT2D eigenvalue weighted by Gasteiger charge is -2.23. The summed E-state index contributed by atoms with van der Waals surface area (Å²) in [5, 5.41) is 1.06. The second-order valence-corrected chi connectivity index (χ2v) is 13.8. The summed E-state index contributed by atoms with van der Waals surface area (Å²) in [5.74, 6) is 1.21. The maximum absolute atomic E-state index is 13.8. The first-order valence-electron chi connectivity index (χ1n) is 16.0. The van der Waals surface area contributed by atoms with Crippen molar-refractivity contribution in [1.29, 1.82) is 0 Å². The third-order valence-electron chi connectivity index (χ3n) is 10.1. The van der Waals surface area contributed by atoms with Gasteiger partial charge in [-0.1, -0.05) is 0 Å². The molecule has 1 amide bonds. The number of rotatable bonds is 7. The quantitative estimate of drug-likeness (QED) is 0.231. The van der Waals surface area contributed by atoms with Gasteiger partial charge in [0.1, 0.15) is 17.0 Å². The number of nitrogens with two attached hydrogens (primary N) is 1. The van der Waals surface area contributed by atoms with Crippen LogP contribution in [0.1, 0.15) is 48.2 Å². The Morgan fingerprint density at radius 1 is 1.09 bits per heavy atom. The maximum Gasteiger partial charge on any atom is 0.254 e. The monoisotopic (exact) mass is 630 g/mol. The van der Waals surface area contributed by atoms with E-state index in [0.29, 0.717) is 23.0 Å². The minimum absolute atomic E-state index is 0.0103. The molecule has 0 spiro atoms. The second kappa shape index (κ2) is 10.5. The highest BCUT2D eigenvalue weighted by atomic mass is 32.1. The van der Waals surface area contributed by atoms with Gasteiger partial charge in [-0.15, -0.1) is 11.3 Å². The smallest absolute Gasteiger partial charge is 0.254 e. The van der Waals surface area contributed by atoms with Gasteiger partial charge < -0.3 is 19.9 Å². The third-order valence-corrected chi connectivity index (χ3v) is 10.8. The summed E-state index contributed by atoms with van der Waals surface area (Å²) in [6.07, 6.45) is 8.95. The van der Waals surface area contributed by atoms with Gasteiger partial charge in [-0.25, -0.2) is 9.97 Å². The van der Waals surface area contributed by atoms with Crippen LogP contribution in [0.5, 0.6) is 5.88 Å². The molecule has 3 fully saturated rings. The summed E-state index contributed by atoms with van der Waals surface area (Å²) in [6.45, 7) is 2.93. The molecule has 6 aromatic heterocycles. The van der Waals surface area contributed by atoms with E-state index < -0.39 is 0 Å². The van der Waals surface area contributed by atoms with Crippen LogP contribution in [0.4, 0.5) is 0 Å². The van der Waals surface area contributed by atoms with E-state index in [-0.39, 0.29) is 24.0 Å². The molecule has 2 N–H and O–H groups in total. The normalized spacial score (nSPS) is 20.8. The van der Waals surface area contributed by atoms with E-state index in [1.807, 2.05) is 45.4 Å². The molecule has 3 aliphatic rings. The SMILES string of the molecule is COc1cc(C(=O)N2[C@H]3CC[C@@H]2[C@H](N)C3)cc2nc(-c3cc4ccc(-c5cccnc5-c5cncs5)nc4n3CC3CC3)c(C)n12. The molecular formula is C35H34N8O2S. The number of aromatic nitrogens is 6. The Labute approximate surface area is 269 Å². The fourth-order valence-corrected chi connectivity index (χ4v) is 8.28. The molecule has 46 heavy (non-hydrogen) atoms. The number of carbonyl (C=O) groups is 1. The molecule has 232 valence electrons. The first-order valence-corrected chi connectivity index (χ1v) is 16.9. The van der Waals surface area contributed by atoms with Crippen molar-refractivity contribution in [3.05, 3.63) is 71.6 Å². The standard InChI is InChI=1S/C35H34N8O2S/c1-19-32(40-30-13-22(14-31(45-2)42(19)30)35(44)43-23-8-10-27(43)25(36)15-23)28-12-21-7-9-26(39-34(21)41(28)17-20-5-6-20)24-4-3-11-38-33(24)29-16-37-18-46-29/h3-4,7,9,11-14,16,18,20,23,25,27H,5-6,8,10,15,17,36H2,1-2H3/t23-,25+,27+/m0/s1. The van der Waals surface area contributed by atoms with Crippen LogP contribution in [0.25, 0.3) is 49.9 Å². The molecular weight excluding hydrogens is 597 g/mol. The van der Waals surface area contributed by atoms with Gasteiger partial charge in [-0.05, 0) is 81.3 Å². The number of aryl methyl sites for hydroxylation is 1. The Bertz CT molecular complexity index is 2150. The number of ether oxygens (including phenoxy) is 1. The Kier molecular flexibility index (Phi) is 6.30. The Hall–Kier alpha value is -4.61. The molecule has 2 bridgehead atoms. The Balaban J connectivity index is 1.17. The Morgan fingerprint density at radius 2 is 1.98 bits per heavy atom. The number of fused-ring (bicyclic) bond motifs is 4. The van der Waals surface area contributed by atoms with Crippen molar-refractivity contribution in [3.8, 4) is 39.1 Å². The highest BCUT2D eigenvalue weighted by Gasteiger charge is 2.47. The number of methoxy groups -OCH3 is 1. The van der Waals surface area contributed by atoms with Gasteiger partial charge in [0.05, 0.1) is 40.3 Å². The number of thiazole rings is 1. The summed E-state index contributed by atoms with van der Waals surface area (Å²) < 4.78 is 10.2. The lowest BCUT2D eigenvalue weighted by molar-refractivity contribution is 0.0726. The van der Waals surface area contributed by atoms with Crippen LogP contribution in [0, 0.1) is 12.8 Å². The molecule has 2 saturated heterocycles. The topological polar surface area (TPSA) is 116 Å². The highest BCUT2D eigenvalue weighted by molar-refractivity contribution is 7.13. The molecule has 11 heteroatoms. The highest BCUT2D eigenvalue weighted by Crippen LogP contribution is 2.40. The lowest BCUT2D eigenvalue weighted by atomic mass is 9.97. The van der Waals surface area contributed by atoms with Crippen LogP contribution < -0.4 is 10.5 Å². The van der Waals surface area contributed by atoms with Gasteiger partial charge in [0.2, 0.25) is 0 Å². The number of amides is 1. The molecule has 9 rings (SSSR count).